The molecule has 0 atom stereocenters. The summed E-state index contributed by atoms with van der Waals surface area (Å²) in [4.78, 5) is 0. The van der Waals surface area contributed by atoms with Crippen molar-refractivity contribution < 1.29 is 4.42 Å². The molecule has 2 nitrogen and oxygen atoms in total. The first kappa shape index (κ1) is 30.1. The lowest BCUT2D eigenvalue weighted by molar-refractivity contribution is 0.661. The van der Waals surface area contributed by atoms with Crippen LogP contribution in [-0.2, 0) is 5.41 Å². The molecular formula is C51H33NOS. The maximum atomic E-state index is 6.14. The molecule has 254 valence electrons. The number of rotatable bonds is 3. The largest absolute Gasteiger partial charge is 0.456 e. The van der Waals surface area contributed by atoms with Crippen molar-refractivity contribution in [2.24, 2.45) is 0 Å². The van der Waals surface area contributed by atoms with Crippen LogP contribution in [0, 0.1) is 0 Å². The van der Waals surface area contributed by atoms with E-state index >= 15 is 0 Å². The van der Waals surface area contributed by atoms with Gasteiger partial charge in [0.1, 0.15) is 11.2 Å². The van der Waals surface area contributed by atoms with E-state index in [9.17, 15) is 0 Å². The van der Waals surface area contributed by atoms with Crippen LogP contribution in [-0.4, -0.2) is 4.57 Å². The fourth-order valence-corrected chi connectivity index (χ4v) is 10.8. The van der Waals surface area contributed by atoms with E-state index in [2.05, 4.69) is 170 Å². The Hall–Kier alpha value is -6.42. The van der Waals surface area contributed by atoms with Crippen LogP contribution in [0.5, 0.6) is 0 Å². The highest BCUT2D eigenvalue weighted by atomic mass is 32.1. The first-order valence-electron chi connectivity index (χ1n) is 18.7. The van der Waals surface area contributed by atoms with Crippen LogP contribution in [0.2, 0.25) is 0 Å². The lowest BCUT2D eigenvalue weighted by Crippen LogP contribution is -2.14. The molecule has 0 N–H and O–H groups in total. The highest BCUT2D eigenvalue weighted by molar-refractivity contribution is 7.27. The number of benzene rings is 8. The van der Waals surface area contributed by atoms with Gasteiger partial charge in [-0.2, -0.15) is 0 Å². The molecule has 0 amide bonds. The van der Waals surface area contributed by atoms with Crippen molar-refractivity contribution in [3.05, 3.63) is 175 Å². The van der Waals surface area contributed by atoms with Crippen molar-refractivity contribution in [3.8, 4) is 39.1 Å². The topological polar surface area (TPSA) is 18.1 Å². The predicted octanol–water partition coefficient (Wildman–Crippen LogP) is 14.7. The summed E-state index contributed by atoms with van der Waals surface area (Å²) in [5, 5.41) is 7.46. The van der Waals surface area contributed by atoms with Gasteiger partial charge < -0.3 is 8.98 Å². The quantitative estimate of drug-likeness (QED) is 0.179. The monoisotopic (exact) mass is 707 g/mol. The summed E-state index contributed by atoms with van der Waals surface area (Å²) >= 11 is 1.95. The van der Waals surface area contributed by atoms with E-state index in [0.717, 1.165) is 27.6 Å². The second-order valence-corrected chi connectivity index (χ2v) is 16.3. The van der Waals surface area contributed by atoms with Crippen molar-refractivity contribution in [2.45, 2.75) is 19.3 Å². The van der Waals surface area contributed by atoms with Crippen LogP contribution in [0.1, 0.15) is 25.0 Å². The normalized spacial score (nSPS) is 13.5. The number of thiophene rings is 1. The first-order valence-corrected chi connectivity index (χ1v) is 19.5. The van der Waals surface area contributed by atoms with Crippen LogP contribution in [0.4, 0.5) is 0 Å². The zero-order valence-corrected chi connectivity index (χ0v) is 30.7. The molecule has 11 aromatic rings. The minimum atomic E-state index is -0.0151. The zero-order chi connectivity index (χ0) is 35.7. The molecule has 0 unspecified atom stereocenters. The van der Waals surface area contributed by atoms with E-state index in [0.29, 0.717) is 0 Å². The molecule has 1 aliphatic rings. The Morgan fingerprint density at radius 1 is 0.444 bits per heavy atom. The molecule has 1 aliphatic carbocycles. The van der Waals surface area contributed by atoms with E-state index in [1.54, 1.807) is 0 Å². The van der Waals surface area contributed by atoms with Gasteiger partial charge in [-0.25, -0.2) is 0 Å². The molecular weight excluding hydrogens is 675 g/mol. The molecule has 3 aromatic heterocycles. The van der Waals surface area contributed by atoms with E-state index in [4.69, 9.17) is 4.42 Å². The van der Waals surface area contributed by atoms with Crippen molar-refractivity contribution in [3.63, 3.8) is 0 Å². The Kier molecular flexibility index (Phi) is 6.03. The average Bonchev–Trinajstić information content (AvgIpc) is 3.94. The molecule has 8 aromatic carbocycles. The molecule has 0 aliphatic heterocycles. The Balaban J connectivity index is 1.02. The third-order valence-electron chi connectivity index (χ3n) is 12.0. The summed E-state index contributed by atoms with van der Waals surface area (Å²) < 4.78 is 11.3. The summed E-state index contributed by atoms with van der Waals surface area (Å²) in [5.41, 5.74) is 15.9. The minimum Gasteiger partial charge on any atom is -0.456 e. The number of hydrogen-bond acceptors (Lipinski definition) is 2. The summed E-state index contributed by atoms with van der Waals surface area (Å²) in [6.07, 6.45) is 0. The van der Waals surface area contributed by atoms with Gasteiger partial charge in [0.25, 0.3) is 0 Å². The number of aromatic nitrogens is 1. The molecule has 0 bridgehead atoms. The lowest BCUT2D eigenvalue weighted by atomic mass is 9.82. The Morgan fingerprint density at radius 2 is 1.13 bits per heavy atom. The number of para-hydroxylation sites is 2. The summed E-state index contributed by atoms with van der Waals surface area (Å²) in [6, 6.07) is 60.2. The van der Waals surface area contributed by atoms with Crippen LogP contribution < -0.4 is 0 Å². The molecule has 54 heavy (non-hydrogen) atoms. The van der Waals surface area contributed by atoms with Gasteiger partial charge >= 0.3 is 0 Å². The molecule has 0 saturated carbocycles. The Bertz CT molecular complexity index is 3370. The minimum absolute atomic E-state index is 0.0151. The number of furan rings is 1. The van der Waals surface area contributed by atoms with Gasteiger partial charge in [-0.15, -0.1) is 11.3 Å². The highest BCUT2D eigenvalue weighted by Crippen LogP contribution is 2.54. The summed E-state index contributed by atoms with van der Waals surface area (Å²) in [6.45, 7) is 4.73. The van der Waals surface area contributed by atoms with Crippen molar-refractivity contribution in [1.29, 1.82) is 0 Å². The van der Waals surface area contributed by atoms with Gasteiger partial charge in [-0.1, -0.05) is 129 Å². The van der Waals surface area contributed by atoms with Crippen LogP contribution in [0.25, 0.3) is 103 Å². The van der Waals surface area contributed by atoms with Crippen molar-refractivity contribution in [1.82, 2.24) is 4.57 Å². The number of fused-ring (bicyclic) bond motifs is 13. The average molecular weight is 708 g/mol. The third kappa shape index (κ3) is 4.05. The first-order chi connectivity index (χ1) is 26.5. The van der Waals surface area contributed by atoms with Gasteiger partial charge in [-0.3, -0.25) is 0 Å². The van der Waals surface area contributed by atoms with Crippen molar-refractivity contribution in [2.75, 3.05) is 0 Å². The van der Waals surface area contributed by atoms with Crippen molar-refractivity contribution >= 4 is 75.3 Å². The van der Waals surface area contributed by atoms with Crippen LogP contribution in [0.15, 0.2) is 168 Å². The molecule has 0 radical (unpaired) electrons. The lowest BCUT2D eigenvalue weighted by Gasteiger charge is -2.21. The second-order valence-electron chi connectivity index (χ2n) is 15.3. The Labute approximate surface area is 316 Å². The van der Waals surface area contributed by atoms with Gasteiger partial charge in [0.05, 0.1) is 11.0 Å². The molecule has 3 heterocycles. The van der Waals surface area contributed by atoms with Gasteiger partial charge in [0, 0.05) is 58.4 Å². The van der Waals surface area contributed by atoms with E-state index in [1.807, 2.05) is 23.5 Å². The summed E-state index contributed by atoms with van der Waals surface area (Å²) in [5.74, 6) is 0. The third-order valence-corrected chi connectivity index (χ3v) is 13.3. The SMILES string of the molecule is CC1(C)c2ccccc2-c2c1ccc1c2sc2c(-c3cccc(-n4c5ccccc5c5cc(-c6ccc7oc8ccccc8c7c6)ccc54)c3)cccc21. The highest BCUT2D eigenvalue weighted by Gasteiger charge is 2.36. The predicted molar refractivity (Wildman–Crippen MR) is 229 cm³/mol. The summed E-state index contributed by atoms with van der Waals surface area (Å²) in [7, 11) is 0. The number of nitrogens with zero attached hydrogens (tertiary/aromatic N) is 1. The molecule has 0 fully saturated rings. The van der Waals surface area contributed by atoms with E-state index in [1.165, 1.54) is 86.5 Å². The number of hydrogen-bond donors (Lipinski definition) is 0. The van der Waals surface area contributed by atoms with E-state index in [-0.39, 0.29) is 5.41 Å². The maximum absolute atomic E-state index is 6.14. The van der Waals surface area contributed by atoms with Gasteiger partial charge in [0.15, 0.2) is 0 Å². The second kappa shape index (κ2) is 10.8. The fourth-order valence-electron chi connectivity index (χ4n) is 9.42. The fraction of sp³-hybridized carbons (Fsp3) is 0.0588. The van der Waals surface area contributed by atoms with Crippen LogP contribution in [0.3, 0.4) is 0 Å². The smallest absolute Gasteiger partial charge is 0.135 e. The van der Waals surface area contributed by atoms with Crippen LogP contribution >= 0.6 is 11.3 Å². The molecule has 0 saturated heterocycles. The van der Waals surface area contributed by atoms with E-state index < -0.39 is 0 Å². The molecule has 0 spiro atoms. The zero-order valence-electron chi connectivity index (χ0n) is 29.9. The van der Waals surface area contributed by atoms with Gasteiger partial charge in [-0.05, 0) is 87.5 Å². The maximum Gasteiger partial charge on any atom is 0.135 e. The van der Waals surface area contributed by atoms with Gasteiger partial charge in [0.2, 0.25) is 0 Å². The standard InChI is InChI=1S/C51H33NOS/c1-51(2)42-18-6-3-15-39(42)48-43(51)24-23-38-37-17-10-16-34(49(37)54-50(38)48)32-11-9-12-33(27-32)52-44-19-7-4-13-35(44)40-28-30(21-25-45(40)52)31-22-26-47-41(29-31)36-14-5-8-20-46(36)53-47/h3-29H,1-2H3. The Morgan fingerprint density at radius 3 is 2.06 bits per heavy atom. The molecule has 3 heteroatoms. The molecule has 12 rings (SSSR count).